The van der Waals surface area contributed by atoms with Gasteiger partial charge in [-0.25, -0.2) is 9.37 Å². The van der Waals surface area contributed by atoms with Gasteiger partial charge < -0.3 is 4.74 Å². The molecule has 19 heavy (non-hydrogen) atoms. The number of hydrogen-bond acceptors (Lipinski definition) is 5. The number of hydrogen-bond donors (Lipinski definition) is 1. The van der Waals surface area contributed by atoms with Crippen LogP contribution in [0.5, 0.6) is 5.75 Å². The number of thiazole rings is 1. The molecule has 0 atom stereocenters. The summed E-state index contributed by atoms with van der Waals surface area (Å²) in [4.78, 5) is 4.19. The highest BCUT2D eigenvalue weighted by molar-refractivity contribution is 9.10. The average molecular weight is 344 g/mol. The van der Waals surface area contributed by atoms with E-state index in [1.807, 2.05) is 12.3 Å². The number of nitrogens with one attached hydrogen (secondary N) is 1. The number of aryl methyl sites for hydroxylation is 1. The lowest BCUT2D eigenvalue weighted by Gasteiger charge is -2.05. The van der Waals surface area contributed by atoms with Gasteiger partial charge in [-0.15, -0.1) is 11.3 Å². The fourth-order valence-corrected chi connectivity index (χ4v) is 2.67. The van der Waals surface area contributed by atoms with Gasteiger partial charge >= 0.3 is 0 Å². The predicted molar refractivity (Wildman–Crippen MR) is 78.7 cm³/mol. The van der Waals surface area contributed by atoms with Gasteiger partial charge in [0.2, 0.25) is 5.13 Å². The summed E-state index contributed by atoms with van der Waals surface area (Å²) in [6.07, 6.45) is 1.52. The molecule has 4 nitrogen and oxygen atoms in total. The first kappa shape index (κ1) is 14.0. The molecule has 2 aromatic rings. The number of anilines is 1. The molecular formula is C12H11BrFN3OS. The molecule has 0 aliphatic carbocycles. The van der Waals surface area contributed by atoms with Crippen LogP contribution < -0.4 is 10.2 Å². The van der Waals surface area contributed by atoms with Gasteiger partial charge in [0.1, 0.15) is 0 Å². The van der Waals surface area contributed by atoms with Gasteiger partial charge in [-0.1, -0.05) is 0 Å². The number of benzene rings is 1. The lowest BCUT2D eigenvalue weighted by Crippen LogP contribution is -1.94. The van der Waals surface area contributed by atoms with E-state index in [4.69, 9.17) is 4.74 Å². The van der Waals surface area contributed by atoms with Crippen molar-refractivity contribution in [2.75, 3.05) is 12.5 Å². The maximum atomic E-state index is 13.6. The van der Waals surface area contributed by atoms with Crippen molar-refractivity contribution in [3.05, 3.63) is 39.1 Å². The van der Waals surface area contributed by atoms with Gasteiger partial charge in [-0.05, 0) is 40.5 Å². The van der Waals surface area contributed by atoms with Gasteiger partial charge in [-0.2, -0.15) is 5.10 Å². The number of methoxy groups -OCH3 is 1. The Morgan fingerprint density at radius 2 is 2.32 bits per heavy atom. The summed E-state index contributed by atoms with van der Waals surface area (Å²) in [5.74, 6) is -0.260. The van der Waals surface area contributed by atoms with Gasteiger partial charge in [0, 0.05) is 5.38 Å². The standard InChI is InChI=1S/C12H11BrFN3OS/c1-7-6-19-12(16-7)17-15-5-8-3-9(13)11(18-2)10(14)4-8/h3-6H,1-2H3,(H,16,17). The van der Waals surface area contributed by atoms with E-state index in [0.717, 1.165) is 5.69 Å². The zero-order valence-electron chi connectivity index (χ0n) is 10.3. The number of hydrazone groups is 1. The SMILES string of the molecule is COc1c(F)cc(C=NNc2nc(C)cs2)cc1Br. The topological polar surface area (TPSA) is 46.5 Å². The van der Waals surface area contributed by atoms with E-state index >= 15 is 0 Å². The van der Waals surface area contributed by atoms with Gasteiger partial charge in [0.05, 0.1) is 23.5 Å². The molecule has 0 spiro atoms. The van der Waals surface area contributed by atoms with Crippen LogP contribution in [0.2, 0.25) is 0 Å². The number of ether oxygens (including phenoxy) is 1. The lowest BCUT2D eigenvalue weighted by molar-refractivity contribution is 0.384. The van der Waals surface area contributed by atoms with Crippen LogP contribution in [0.3, 0.4) is 0 Å². The minimum atomic E-state index is -0.441. The van der Waals surface area contributed by atoms with Crippen molar-refractivity contribution in [2.24, 2.45) is 5.10 Å². The normalized spacial score (nSPS) is 10.9. The fraction of sp³-hybridized carbons (Fsp3) is 0.167. The number of halogens is 2. The molecule has 100 valence electrons. The molecule has 7 heteroatoms. The third-order valence-corrected chi connectivity index (χ3v) is 3.67. The molecule has 0 unspecified atom stereocenters. The Balaban J connectivity index is 2.11. The van der Waals surface area contributed by atoms with Gasteiger partial charge in [0.15, 0.2) is 11.6 Å². The molecule has 1 N–H and O–H groups in total. The third kappa shape index (κ3) is 3.51. The first-order chi connectivity index (χ1) is 9.10. The van der Waals surface area contributed by atoms with Crippen LogP contribution in [0, 0.1) is 12.7 Å². The molecule has 1 heterocycles. The Morgan fingerprint density at radius 1 is 1.53 bits per heavy atom. The molecule has 0 saturated heterocycles. The van der Waals surface area contributed by atoms with E-state index in [9.17, 15) is 4.39 Å². The Kier molecular flexibility index (Phi) is 4.49. The Hall–Kier alpha value is -1.47. The van der Waals surface area contributed by atoms with Gasteiger partial charge in [-0.3, -0.25) is 5.43 Å². The maximum absolute atomic E-state index is 13.6. The van der Waals surface area contributed by atoms with E-state index in [0.29, 0.717) is 15.2 Å². The highest BCUT2D eigenvalue weighted by Gasteiger charge is 2.08. The van der Waals surface area contributed by atoms with Crippen LogP contribution in [0.4, 0.5) is 9.52 Å². The molecule has 0 fully saturated rings. The fourth-order valence-electron chi connectivity index (χ4n) is 1.42. The molecule has 0 bridgehead atoms. The minimum Gasteiger partial charge on any atom is -0.492 e. The summed E-state index contributed by atoms with van der Waals surface area (Å²) in [5, 5.41) is 6.62. The first-order valence-electron chi connectivity index (χ1n) is 5.34. The Morgan fingerprint density at radius 3 is 2.89 bits per heavy atom. The second kappa shape index (κ2) is 6.12. The zero-order chi connectivity index (χ0) is 13.8. The summed E-state index contributed by atoms with van der Waals surface area (Å²) in [5.41, 5.74) is 4.34. The second-order valence-electron chi connectivity index (χ2n) is 3.68. The van der Waals surface area contributed by atoms with E-state index in [1.165, 1.54) is 30.7 Å². The highest BCUT2D eigenvalue weighted by atomic mass is 79.9. The monoisotopic (exact) mass is 343 g/mol. The van der Waals surface area contributed by atoms with E-state index < -0.39 is 5.82 Å². The Labute approximate surface area is 122 Å². The van der Waals surface area contributed by atoms with Crippen LogP contribution in [0.25, 0.3) is 0 Å². The number of aromatic nitrogens is 1. The van der Waals surface area contributed by atoms with Gasteiger partial charge in [0.25, 0.3) is 0 Å². The third-order valence-electron chi connectivity index (χ3n) is 2.22. The Bertz CT molecular complexity index is 592. The highest BCUT2D eigenvalue weighted by Crippen LogP contribution is 2.28. The van der Waals surface area contributed by atoms with Crippen LogP contribution >= 0.6 is 27.3 Å². The van der Waals surface area contributed by atoms with Crippen molar-refractivity contribution in [1.82, 2.24) is 4.98 Å². The molecule has 1 aromatic carbocycles. The van der Waals surface area contributed by atoms with Crippen LogP contribution in [0.1, 0.15) is 11.3 Å². The molecule has 2 rings (SSSR count). The van der Waals surface area contributed by atoms with Crippen molar-refractivity contribution < 1.29 is 9.13 Å². The van der Waals surface area contributed by atoms with Crippen molar-refractivity contribution >= 4 is 38.6 Å². The minimum absolute atomic E-state index is 0.181. The van der Waals surface area contributed by atoms with Crippen molar-refractivity contribution in [3.8, 4) is 5.75 Å². The van der Waals surface area contributed by atoms with Crippen molar-refractivity contribution in [2.45, 2.75) is 6.92 Å². The molecular weight excluding hydrogens is 333 g/mol. The second-order valence-corrected chi connectivity index (χ2v) is 5.39. The van der Waals surface area contributed by atoms with Crippen molar-refractivity contribution in [1.29, 1.82) is 0 Å². The molecule has 0 aliphatic heterocycles. The maximum Gasteiger partial charge on any atom is 0.203 e. The number of rotatable bonds is 4. The first-order valence-corrected chi connectivity index (χ1v) is 7.01. The van der Waals surface area contributed by atoms with Crippen molar-refractivity contribution in [3.63, 3.8) is 0 Å². The van der Waals surface area contributed by atoms with E-state index in [-0.39, 0.29) is 5.75 Å². The summed E-state index contributed by atoms with van der Waals surface area (Å²) >= 11 is 4.70. The molecule has 0 saturated carbocycles. The van der Waals surface area contributed by atoms with Crippen LogP contribution in [-0.4, -0.2) is 18.3 Å². The van der Waals surface area contributed by atoms with Crippen LogP contribution in [-0.2, 0) is 0 Å². The summed E-state index contributed by atoms with van der Waals surface area (Å²) in [7, 11) is 1.42. The van der Waals surface area contributed by atoms with Crippen LogP contribution in [0.15, 0.2) is 27.1 Å². The summed E-state index contributed by atoms with van der Waals surface area (Å²) in [6, 6.07) is 3.07. The molecule has 0 aliphatic rings. The molecule has 1 aromatic heterocycles. The molecule has 0 radical (unpaired) electrons. The molecule has 0 amide bonds. The van der Waals surface area contributed by atoms with E-state index in [1.54, 1.807) is 6.07 Å². The summed E-state index contributed by atoms with van der Waals surface area (Å²) < 4.78 is 19.1. The summed E-state index contributed by atoms with van der Waals surface area (Å²) in [6.45, 7) is 1.90. The van der Waals surface area contributed by atoms with E-state index in [2.05, 4.69) is 31.4 Å². The average Bonchev–Trinajstić information content (AvgIpc) is 2.75. The smallest absolute Gasteiger partial charge is 0.203 e. The lowest BCUT2D eigenvalue weighted by atomic mass is 10.2. The zero-order valence-corrected chi connectivity index (χ0v) is 12.7. The predicted octanol–water partition coefficient (Wildman–Crippen LogP) is 3.81. The quantitative estimate of drug-likeness (QED) is 0.678. The number of nitrogens with zero attached hydrogens (tertiary/aromatic N) is 2. The largest absolute Gasteiger partial charge is 0.492 e.